The Kier molecular flexibility index (Phi) is 4.81. The molecule has 1 aromatic rings. The molecule has 0 amide bonds. The molecule has 0 bridgehead atoms. The molecule has 1 aliphatic heterocycles. The molecule has 1 heterocycles. The second-order valence-electron chi connectivity index (χ2n) is 6.58. The van der Waals surface area contributed by atoms with Gasteiger partial charge in [-0.3, -0.25) is 0 Å². The zero-order valence-electron chi connectivity index (χ0n) is 13.3. The van der Waals surface area contributed by atoms with Gasteiger partial charge in [-0.05, 0) is 69.4 Å². The summed E-state index contributed by atoms with van der Waals surface area (Å²) in [6, 6.07) is 9.24. The van der Waals surface area contributed by atoms with E-state index in [2.05, 4.69) is 48.5 Å². The van der Waals surface area contributed by atoms with Gasteiger partial charge in [-0.2, -0.15) is 0 Å². The predicted molar refractivity (Wildman–Crippen MR) is 87.0 cm³/mol. The predicted octanol–water partition coefficient (Wildman–Crippen LogP) is 3.02. The van der Waals surface area contributed by atoms with E-state index >= 15 is 0 Å². The van der Waals surface area contributed by atoms with Crippen LogP contribution in [0.4, 0.5) is 0 Å². The minimum Gasteiger partial charge on any atom is -0.490 e. The molecular formula is C18H28N2O. The van der Waals surface area contributed by atoms with Gasteiger partial charge in [0.1, 0.15) is 5.75 Å². The topological polar surface area (TPSA) is 24.5 Å². The van der Waals surface area contributed by atoms with Crippen molar-refractivity contribution in [2.75, 3.05) is 26.7 Å². The summed E-state index contributed by atoms with van der Waals surface area (Å²) in [6.45, 7) is 6.00. The maximum absolute atomic E-state index is 5.83. The fraction of sp³-hybridized carbons (Fsp3) is 0.667. The van der Waals surface area contributed by atoms with E-state index in [-0.39, 0.29) is 0 Å². The first-order valence-electron chi connectivity index (χ1n) is 8.42. The molecule has 2 atom stereocenters. The molecule has 0 aromatic heterocycles. The van der Waals surface area contributed by atoms with Gasteiger partial charge in [0, 0.05) is 12.6 Å². The Labute approximate surface area is 128 Å². The molecular weight excluding hydrogens is 260 g/mol. The SMILES string of the molecule is CNC(CN1CCCC1)C(C)c1ccc(OC2CC2)cc1. The standard InChI is InChI=1S/C18H28N2O/c1-14(18(19-2)13-20-11-3-4-12-20)15-5-7-16(8-6-15)21-17-9-10-17/h5-8,14,17-19H,3-4,9-13H2,1-2H3. The molecule has 116 valence electrons. The molecule has 0 spiro atoms. The summed E-state index contributed by atoms with van der Waals surface area (Å²) in [5.74, 6) is 1.54. The van der Waals surface area contributed by atoms with E-state index in [1.165, 1.54) is 44.3 Å². The van der Waals surface area contributed by atoms with Crippen LogP contribution < -0.4 is 10.1 Å². The van der Waals surface area contributed by atoms with Crippen LogP contribution in [0.2, 0.25) is 0 Å². The number of ether oxygens (including phenoxy) is 1. The number of likely N-dealkylation sites (tertiary alicyclic amines) is 1. The summed E-state index contributed by atoms with van der Waals surface area (Å²) in [6.07, 6.45) is 5.63. The van der Waals surface area contributed by atoms with Gasteiger partial charge < -0.3 is 15.0 Å². The third kappa shape index (κ3) is 3.98. The van der Waals surface area contributed by atoms with E-state index in [9.17, 15) is 0 Å². The molecule has 1 saturated carbocycles. The maximum atomic E-state index is 5.83. The number of nitrogens with one attached hydrogen (secondary N) is 1. The van der Waals surface area contributed by atoms with Crippen molar-refractivity contribution in [3.05, 3.63) is 29.8 Å². The highest BCUT2D eigenvalue weighted by molar-refractivity contribution is 5.30. The average Bonchev–Trinajstić information content (AvgIpc) is 3.17. The number of rotatable bonds is 7. The third-order valence-corrected chi connectivity index (χ3v) is 4.86. The van der Waals surface area contributed by atoms with Gasteiger partial charge in [0.25, 0.3) is 0 Å². The Balaban J connectivity index is 1.59. The number of hydrogen-bond donors (Lipinski definition) is 1. The van der Waals surface area contributed by atoms with Crippen LogP contribution in [0.25, 0.3) is 0 Å². The highest BCUT2D eigenvalue weighted by atomic mass is 16.5. The monoisotopic (exact) mass is 288 g/mol. The van der Waals surface area contributed by atoms with Crippen LogP contribution in [0.5, 0.6) is 5.75 Å². The minimum absolute atomic E-state index is 0.480. The molecule has 21 heavy (non-hydrogen) atoms. The molecule has 2 unspecified atom stereocenters. The fourth-order valence-electron chi connectivity index (χ4n) is 3.20. The summed E-state index contributed by atoms with van der Waals surface area (Å²) in [4.78, 5) is 2.59. The highest BCUT2D eigenvalue weighted by Crippen LogP contribution is 2.28. The van der Waals surface area contributed by atoms with E-state index in [0.717, 1.165) is 12.3 Å². The van der Waals surface area contributed by atoms with Crippen molar-refractivity contribution in [1.29, 1.82) is 0 Å². The highest BCUT2D eigenvalue weighted by Gasteiger charge is 2.24. The van der Waals surface area contributed by atoms with Gasteiger partial charge in [-0.1, -0.05) is 19.1 Å². The quantitative estimate of drug-likeness (QED) is 0.834. The molecule has 1 saturated heterocycles. The Hall–Kier alpha value is -1.06. The Morgan fingerprint density at radius 2 is 1.86 bits per heavy atom. The van der Waals surface area contributed by atoms with Gasteiger partial charge in [0.05, 0.1) is 6.10 Å². The lowest BCUT2D eigenvalue weighted by Gasteiger charge is -2.28. The van der Waals surface area contributed by atoms with E-state index in [1.54, 1.807) is 0 Å². The zero-order chi connectivity index (χ0) is 14.7. The summed E-state index contributed by atoms with van der Waals surface area (Å²) >= 11 is 0. The van der Waals surface area contributed by atoms with Gasteiger partial charge in [0.15, 0.2) is 0 Å². The fourth-order valence-corrected chi connectivity index (χ4v) is 3.20. The maximum Gasteiger partial charge on any atom is 0.119 e. The van der Waals surface area contributed by atoms with Gasteiger partial charge in [-0.15, -0.1) is 0 Å². The van der Waals surface area contributed by atoms with Crippen molar-refractivity contribution in [2.45, 2.75) is 50.7 Å². The van der Waals surface area contributed by atoms with Crippen LogP contribution in [0, 0.1) is 0 Å². The molecule has 2 fully saturated rings. The molecule has 1 N–H and O–H groups in total. The van der Waals surface area contributed by atoms with Crippen LogP contribution in [0.3, 0.4) is 0 Å². The lowest BCUT2D eigenvalue weighted by atomic mass is 9.93. The third-order valence-electron chi connectivity index (χ3n) is 4.86. The van der Waals surface area contributed by atoms with Crippen LogP contribution >= 0.6 is 0 Å². The normalized spacial score (nSPS) is 22.2. The van der Waals surface area contributed by atoms with Crippen LogP contribution in [0.1, 0.15) is 44.1 Å². The van der Waals surface area contributed by atoms with Crippen molar-refractivity contribution in [3.8, 4) is 5.75 Å². The average molecular weight is 288 g/mol. The summed E-state index contributed by atoms with van der Waals surface area (Å²) in [5.41, 5.74) is 1.40. The Morgan fingerprint density at radius 3 is 2.43 bits per heavy atom. The summed E-state index contributed by atoms with van der Waals surface area (Å²) < 4.78 is 5.83. The first-order valence-corrected chi connectivity index (χ1v) is 8.42. The molecule has 0 radical (unpaired) electrons. The smallest absolute Gasteiger partial charge is 0.119 e. The summed E-state index contributed by atoms with van der Waals surface area (Å²) in [5, 5.41) is 3.51. The van der Waals surface area contributed by atoms with Gasteiger partial charge in [-0.25, -0.2) is 0 Å². The van der Waals surface area contributed by atoms with Crippen LogP contribution in [-0.4, -0.2) is 43.7 Å². The Bertz CT molecular complexity index is 435. The molecule has 1 aromatic carbocycles. The molecule has 3 rings (SSSR count). The molecule has 3 nitrogen and oxygen atoms in total. The molecule has 3 heteroatoms. The first-order chi connectivity index (χ1) is 10.3. The van der Waals surface area contributed by atoms with E-state index in [0.29, 0.717) is 18.1 Å². The number of nitrogens with zero attached hydrogens (tertiary/aromatic N) is 1. The second-order valence-corrected chi connectivity index (χ2v) is 6.58. The zero-order valence-corrected chi connectivity index (χ0v) is 13.3. The van der Waals surface area contributed by atoms with Crippen molar-refractivity contribution < 1.29 is 4.74 Å². The Morgan fingerprint density at radius 1 is 1.19 bits per heavy atom. The minimum atomic E-state index is 0.480. The van der Waals surface area contributed by atoms with Gasteiger partial charge >= 0.3 is 0 Å². The second kappa shape index (κ2) is 6.80. The lowest BCUT2D eigenvalue weighted by Crippen LogP contribution is -2.41. The molecule has 2 aliphatic rings. The van der Waals surface area contributed by atoms with E-state index in [4.69, 9.17) is 4.74 Å². The van der Waals surface area contributed by atoms with Gasteiger partial charge in [0.2, 0.25) is 0 Å². The summed E-state index contributed by atoms with van der Waals surface area (Å²) in [7, 11) is 2.09. The number of likely N-dealkylation sites (N-methyl/N-ethyl adjacent to an activating group) is 1. The first kappa shape index (κ1) is 14.9. The van der Waals surface area contributed by atoms with Crippen LogP contribution in [0.15, 0.2) is 24.3 Å². The largest absolute Gasteiger partial charge is 0.490 e. The van der Waals surface area contributed by atoms with E-state index < -0.39 is 0 Å². The number of hydrogen-bond acceptors (Lipinski definition) is 3. The van der Waals surface area contributed by atoms with Crippen molar-refractivity contribution >= 4 is 0 Å². The molecule has 1 aliphatic carbocycles. The van der Waals surface area contributed by atoms with Crippen molar-refractivity contribution in [3.63, 3.8) is 0 Å². The number of benzene rings is 1. The van der Waals surface area contributed by atoms with Crippen molar-refractivity contribution in [1.82, 2.24) is 10.2 Å². The van der Waals surface area contributed by atoms with Crippen LogP contribution in [-0.2, 0) is 0 Å². The van der Waals surface area contributed by atoms with E-state index in [1.807, 2.05) is 0 Å². The van der Waals surface area contributed by atoms with Crippen molar-refractivity contribution in [2.24, 2.45) is 0 Å². The lowest BCUT2D eigenvalue weighted by molar-refractivity contribution is 0.280.